The Bertz CT molecular complexity index is 400. The van der Waals surface area contributed by atoms with Crippen LogP contribution in [0.25, 0.3) is 0 Å². The van der Waals surface area contributed by atoms with Crippen LogP contribution in [0.2, 0.25) is 0 Å². The van der Waals surface area contributed by atoms with E-state index < -0.39 is 18.6 Å². The number of rotatable bonds is 4. The molecule has 6 heteroatoms. The van der Waals surface area contributed by atoms with Crippen LogP contribution in [-0.4, -0.2) is 28.9 Å². The lowest BCUT2D eigenvalue weighted by Gasteiger charge is -2.16. The summed E-state index contributed by atoms with van der Waals surface area (Å²) in [6.07, 6.45) is 0. The molecule has 0 heterocycles. The van der Waals surface area contributed by atoms with Crippen molar-refractivity contribution in [2.24, 2.45) is 0 Å². The molecule has 0 aromatic heterocycles. The van der Waals surface area contributed by atoms with Gasteiger partial charge in [-0.1, -0.05) is 0 Å². The number of carbonyl (C=O) groups excluding carboxylic acids is 1. The number of halogens is 1. The van der Waals surface area contributed by atoms with Crippen molar-refractivity contribution in [3.05, 3.63) is 29.1 Å². The van der Waals surface area contributed by atoms with Gasteiger partial charge in [-0.15, -0.1) is 0 Å². The first-order chi connectivity index (χ1) is 7.99. The molecule has 1 unspecified atom stereocenters. The van der Waals surface area contributed by atoms with Crippen LogP contribution >= 0.6 is 0 Å². The molecule has 1 aromatic carbocycles. The van der Waals surface area contributed by atoms with Crippen molar-refractivity contribution in [2.45, 2.75) is 19.9 Å². The number of aliphatic hydroxyl groups is 1. The van der Waals surface area contributed by atoms with Crippen LogP contribution < -0.4 is 10.8 Å². The summed E-state index contributed by atoms with van der Waals surface area (Å²) in [5, 5.41) is 20.1. The molecule has 94 valence electrons. The van der Waals surface area contributed by atoms with Gasteiger partial charge in [0.25, 0.3) is 5.91 Å². The van der Waals surface area contributed by atoms with Crippen LogP contribution in [0.4, 0.5) is 10.1 Å². The smallest absolute Gasteiger partial charge is 0.268 e. The summed E-state index contributed by atoms with van der Waals surface area (Å²) >= 11 is 0. The Morgan fingerprint density at radius 2 is 1.94 bits per heavy atom. The maximum absolute atomic E-state index is 13.4. The molecule has 17 heavy (non-hydrogen) atoms. The summed E-state index contributed by atoms with van der Waals surface area (Å²) in [5.74, 6) is -1.06. The summed E-state index contributed by atoms with van der Waals surface area (Å²) in [5.41, 5.74) is 2.82. The van der Waals surface area contributed by atoms with Crippen LogP contribution in [0.15, 0.2) is 12.1 Å². The Morgan fingerprint density at radius 3 is 2.35 bits per heavy atom. The Hall–Kier alpha value is -1.66. The van der Waals surface area contributed by atoms with E-state index in [2.05, 4.69) is 5.32 Å². The second kappa shape index (κ2) is 5.60. The highest BCUT2D eigenvalue weighted by Crippen LogP contribution is 2.19. The fourth-order valence-electron chi connectivity index (χ4n) is 1.50. The topological polar surface area (TPSA) is 81.6 Å². The average molecular weight is 242 g/mol. The molecule has 5 nitrogen and oxygen atoms in total. The molecule has 0 aliphatic heterocycles. The molecule has 1 atom stereocenters. The largest absolute Gasteiger partial charge is 0.394 e. The van der Waals surface area contributed by atoms with Gasteiger partial charge in [0.1, 0.15) is 11.9 Å². The van der Waals surface area contributed by atoms with Gasteiger partial charge in [0.05, 0.1) is 6.61 Å². The van der Waals surface area contributed by atoms with Crippen LogP contribution in [0, 0.1) is 19.7 Å². The number of aryl methyl sites for hydroxylation is 2. The van der Waals surface area contributed by atoms with Crippen LogP contribution in [0.3, 0.4) is 0 Å². The fourth-order valence-corrected chi connectivity index (χ4v) is 1.50. The van der Waals surface area contributed by atoms with Gasteiger partial charge in [0.2, 0.25) is 0 Å². The van der Waals surface area contributed by atoms with Crippen molar-refractivity contribution in [3.8, 4) is 0 Å². The zero-order chi connectivity index (χ0) is 13.0. The molecule has 0 saturated heterocycles. The van der Waals surface area contributed by atoms with Crippen molar-refractivity contribution in [1.29, 1.82) is 0 Å². The van der Waals surface area contributed by atoms with Crippen molar-refractivity contribution in [3.63, 3.8) is 0 Å². The minimum Gasteiger partial charge on any atom is -0.394 e. The molecular weight excluding hydrogens is 227 g/mol. The molecule has 0 bridgehead atoms. The number of aliphatic hydroxyl groups excluding tert-OH is 1. The first-order valence-electron chi connectivity index (χ1n) is 5.07. The van der Waals surface area contributed by atoms with E-state index in [4.69, 9.17) is 10.3 Å². The minimum absolute atomic E-state index is 0.303. The standard InChI is InChI=1S/C11H15FN2O3/c1-6-3-8(4-7(2)10(6)12)13-9(5-15)11(16)14-17/h3-4,9,13,15,17H,5H2,1-2H3,(H,14,16). The third-order valence-corrected chi connectivity index (χ3v) is 2.39. The molecule has 4 N–H and O–H groups in total. The van der Waals surface area contributed by atoms with Gasteiger partial charge in [0.15, 0.2) is 0 Å². The van der Waals surface area contributed by atoms with E-state index in [1.165, 1.54) is 17.6 Å². The fraction of sp³-hybridized carbons (Fsp3) is 0.364. The number of hydrogen-bond acceptors (Lipinski definition) is 4. The van der Waals surface area contributed by atoms with Crippen LogP contribution in [0.5, 0.6) is 0 Å². The van der Waals surface area contributed by atoms with Crippen molar-refractivity contribution >= 4 is 11.6 Å². The molecule has 0 saturated carbocycles. The Balaban J connectivity index is 2.91. The third-order valence-electron chi connectivity index (χ3n) is 2.39. The number of benzene rings is 1. The van der Waals surface area contributed by atoms with Gasteiger partial charge in [-0.05, 0) is 37.1 Å². The second-order valence-corrected chi connectivity index (χ2v) is 3.78. The van der Waals surface area contributed by atoms with Gasteiger partial charge < -0.3 is 10.4 Å². The molecule has 0 aliphatic rings. The highest BCUT2D eigenvalue weighted by atomic mass is 19.1. The highest BCUT2D eigenvalue weighted by molar-refractivity contribution is 5.83. The van der Waals surface area contributed by atoms with Gasteiger partial charge >= 0.3 is 0 Å². The van der Waals surface area contributed by atoms with Gasteiger partial charge in [-0.2, -0.15) is 0 Å². The first-order valence-corrected chi connectivity index (χ1v) is 5.07. The molecule has 1 rings (SSSR count). The molecule has 0 aliphatic carbocycles. The van der Waals surface area contributed by atoms with E-state index in [0.29, 0.717) is 16.8 Å². The maximum Gasteiger partial charge on any atom is 0.268 e. The number of anilines is 1. The second-order valence-electron chi connectivity index (χ2n) is 3.78. The van der Waals surface area contributed by atoms with Crippen molar-refractivity contribution < 1.29 is 19.5 Å². The van der Waals surface area contributed by atoms with Gasteiger partial charge in [-0.25, -0.2) is 9.87 Å². The van der Waals surface area contributed by atoms with Crippen molar-refractivity contribution in [1.82, 2.24) is 5.48 Å². The predicted molar refractivity (Wildman–Crippen MR) is 60.3 cm³/mol. The van der Waals surface area contributed by atoms with E-state index in [1.54, 1.807) is 13.8 Å². The molecule has 0 radical (unpaired) electrons. The summed E-state index contributed by atoms with van der Waals surface area (Å²) in [7, 11) is 0. The SMILES string of the molecule is Cc1cc(NC(CO)C(=O)NO)cc(C)c1F. The molecule has 0 spiro atoms. The highest BCUT2D eigenvalue weighted by Gasteiger charge is 2.17. The summed E-state index contributed by atoms with van der Waals surface area (Å²) in [6.45, 7) is 2.73. The predicted octanol–water partition coefficient (Wildman–Crippen LogP) is 0.721. The lowest BCUT2D eigenvalue weighted by atomic mass is 10.1. The van der Waals surface area contributed by atoms with E-state index in [0.717, 1.165) is 0 Å². The number of nitrogens with one attached hydrogen (secondary N) is 2. The number of amides is 1. The van der Waals surface area contributed by atoms with Gasteiger partial charge in [-0.3, -0.25) is 10.0 Å². The number of carbonyl (C=O) groups is 1. The van der Waals surface area contributed by atoms with E-state index in [1.807, 2.05) is 0 Å². The lowest BCUT2D eigenvalue weighted by molar-refractivity contribution is -0.130. The minimum atomic E-state index is -0.982. The Morgan fingerprint density at radius 1 is 1.41 bits per heavy atom. The third kappa shape index (κ3) is 3.15. The van der Waals surface area contributed by atoms with E-state index in [9.17, 15) is 9.18 Å². The van der Waals surface area contributed by atoms with E-state index in [-0.39, 0.29) is 5.82 Å². The summed E-state index contributed by atoms with van der Waals surface area (Å²) < 4.78 is 13.4. The normalized spacial score (nSPS) is 12.1. The summed E-state index contributed by atoms with van der Waals surface area (Å²) in [6, 6.07) is 2.06. The quantitative estimate of drug-likeness (QED) is 0.463. The van der Waals surface area contributed by atoms with Gasteiger partial charge in [0, 0.05) is 5.69 Å². The first kappa shape index (κ1) is 13.4. The number of hydroxylamine groups is 1. The van der Waals surface area contributed by atoms with Crippen LogP contribution in [-0.2, 0) is 4.79 Å². The summed E-state index contributed by atoms with van der Waals surface area (Å²) in [4.78, 5) is 11.1. The zero-order valence-electron chi connectivity index (χ0n) is 9.62. The molecular formula is C11H15FN2O3. The molecule has 1 aromatic rings. The molecule has 0 fully saturated rings. The molecule has 1 amide bonds. The number of hydrogen-bond donors (Lipinski definition) is 4. The van der Waals surface area contributed by atoms with Crippen LogP contribution in [0.1, 0.15) is 11.1 Å². The van der Waals surface area contributed by atoms with Crippen molar-refractivity contribution in [2.75, 3.05) is 11.9 Å². The monoisotopic (exact) mass is 242 g/mol. The maximum atomic E-state index is 13.4. The Kier molecular flexibility index (Phi) is 4.42. The zero-order valence-corrected chi connectivity index (χ0v) is 9.62. The lowest BCUT2D eigenvalue weighted by Crippen LogP contribution is -2.40. The average Bonchev–Trinajstić information content (AvgIpc) is 2.31. The Labute approximate surface area is 98.2 Å². The van der Waals surface area contributed by atoms with E-state index >= 15 is 0 Å².